The fourth-order valence-electron chi connectivity index (χ4n) is 3.73. The Morgan fingerprint density at radius 2 is 2.06 bits per heavy atom. The van der Waals surface area contributed by atoms with Gasteiger partial charge in [0.15, 0.2) is 0 Å². The van der Waals surface area contributed by atoms with Crippen LogP contribution in [-0.4, -0.2) is 43.0 Å². The molecule has 1 aliphatic carbocycles. The largest absolute Gasteiger partial charge is 0.368 e. The van der Waals surface area contributed by atoms with Gasteiger partial charge in [0.2, 0.25) is 5.91 Å². The lowest BCUT2D eigenvalue weighted by atomic mass is 9.78. The average Bonchev–Trinajstić information content (AvgIpc) is 2.39. The molecule has 1 saturated carbocycles. The number of piperidine rings is 1. The van der Waals surface area contributed by atoms with Gasteiger partial charge in [-0.05, 0) is 51.6 Å². The van der Waals surface area contributed by atoms with Crippen LogP contribution in [0.4, 0.5) is 0 Å². The summed E-state index contributed by atoms with van der Waals surface area (Å²) in [4.78, 5) is 13.8. The van der Waals surface area contributed by atoms with Crippen molar-refractivity contribution in [2.75, 3.05) is 20.1 Å². The number of carbonyl (C=O) groups is 1. The number of hydrogen-bond acceptors (Lipinski definition) is 3. The standard InChI is InChI=1S/C14H27N3O/c1-16-12(14(15)18)8-10-17-9-4-6-11-5-2-3-7-13(11)17/h11-13,16H,2-10H2,1H3,(H2,15,18)/t11-,12?,13-/m1/s1. The number of rotatable bonds is 5. The van der Waals surface area contributed by atoms with E-state index in [-0.39, 0.29) is 11.9 Å². The van der Waals surface area contributed by atoms with E-state index in [0.717, 1.165) is 24.9 Å². The third kappa shape index (κ3) is 3.23. The minimum Gasteiger partial charge on any atom is -0.368 e. The van der Waals surface area contributed by atoms with Gasteiger partial charge in [0.25, 0.3) is 0 Å². The van der Waals surface area contributed by atoms with Crippen molar-refractivity contribution in [1.82, 2.24) is 10.2 Å². The van der Waals surface area contributed by atoms with Crippen LogP contribution in [0.5, 0.6) is 0 Å². The van der Waals surface area contributed by atoms with Gasteiger partial charge in [0.1, 0.15) is 0 Å². The Morgan fingerprint density at radius 3 is 2.78 bits per heavy atom. The third-order valence-corrected chi connectivity index (χ3v) is 4.76. The summed E-state index contributed by atoms with van der Waals surface area (Å²) in [6.45, 7) is 2.21. The van der Waals surface area contributed by atoms with Gasteiger partial charge in [-0.3, -0.25) is 4.79 Å². The van der Waals surface area contributed by atoms with Crippen LogP contribution in [0.3, 0.4) is 0 Å². The molecular formula is C14H27N3O. The number of fused-ring (bicyclic) bond motifs is 1. The van der Waals surface area contributed by atoms with E-state index >= 15 is 0 Å². The second kappa shape index (κ2) is 6.53. The van der Waals surface area contributed by atoms with Crippen molar-refractivity contribution < 1.29 is 4.79 Å². The molecule has 3 atom stereocenters. The van der Waals surface area contributed by atoms with Crippen LogP contribution in [0.15, 0.2) is 0 Å². The van der Waals surface area contributed by atoms with Gasteiger partial charge in [-0.2, -0.15) is 0 Å². The lowest BCUT2D eigenvalue weighted by molar-refractivity contribution is -0.120. The predicted octanol–water partition coefficient (Wildman–Crippen LogP) is 1.10. The molecule has 4 heteroatoms. The highest BCUT2D eigenvalue weighted by molar-refractivity contribution is 5.79. The molecule has 3 N–H and O–H groups in total. The molecule has 1 heterocycles. The van der Waals surface area contributed by atoms with E-state index < -0.39 is 0 Å². The van der Waals surface area contributed by atoms with Gasteiger partial charge in [0, 0.05) is 12.6 Å². The van der Waals surface area contributed by atoms with Crippen LogP contribution in [0.2, 0.25) is 0 Å². The van der Waals surface area contributed by atoms with Crippen molar-refractivity contribution in [3.63, 3.8) is 0 Å². The Bertz CT molecular complexity index is 280. The fraction of sp³-hybridized carbons (Fsp3) is 0.929. The Balaban J connectivity index is 1.85. The van der Waals surface area contributed by atoms with Crippen molar-refractivity contribution in [3.8, 4) is 0 Å². The minimum atomic E-state index is -0.227. The molecule has 0 aromatic carbocycles. The molecule has 1 saturated heterocycles. The molecule has 0 radical (unpaired) electrons. The first kappa shape index (κ1) is 13.8. The van der Waals surface area contributed by atoms with Crippen LogP contribution in [0.25, 0.3) is 0 Å². The highest BCUT2D eigenvalue weighted by Gasteiger charge is 2.33. The third-order valence-electron chi connectivity index (χ3n) is 4.76. The predicted molar refractivity (Wildman–Crippen MR) is 73.2 cm³/mol. The molecule has 0 aromatic rings. The van der Waals surface area contributed by atoms with Crippen LogP contribution in [0, 0.1) is 5.92 Å². The number of nitrogens with two attached hydrogens (primary N) is 1. The van der Waals surface area contributed by atoms with Crippen molar-refractivity contribution in [2.45, 2.75) is 57.0 Å². The summed E-state index contributed by atoms with van der Waals surface area (Å²) in [6, 6.07) is 0.604. The van der Waals surface area contributed by atoms with Crippen LogP contribution in [0.1, 0.15) is 44.9 Å². The first-order chi connectivity index (χ1) is 8.72. The lowest BCUT2D eigenvalue weighted by Gasteiger charge is -2.44. The van der Waals surface area contributed by atoms with Gasteiger partial charge < -0.3 is 16.0 Å². The summed E-state index contributed by atoms with van der Waals surface area (Å²) in [7, 11) is 1.81. The maximum Gasteiger partial charge on any atom is 0.234 e. The molecule has 2 aliphatic rings. The zero-order valence-corrected chi connectivity index (χ0v) is 11.5. The monoisotopic (exact) mass is 253 g/mol. The minimum absolute atomic E-state index is 0.172. The number of primary amides is 1. The molecule has 18 heavy (non-hydrogen) atoms. The van der Waals surface area contributed by atoms with Crippen molar-refractivity contribution in [2.24, 2.45) is 11.7 Å². The summed E-state index contributed by atoms with van der Waals surface area (Å²) in [6.07, 6.45) is 9.12. The molecule has 104 valence electrons. The highest BCUT2D eigenvalue weighted by Crippen LogP contribution is 2.35. The SMILES string of the molecule is CNC(CCN1CCC[C@H]2CCCC[C@H]21)C(N)=O. The summed E-state index contributed by atoms with van der Waals surface area (Å²) >= 11 is 0. The molecule has 2 fully saturated rings. The molecule has 1 aliphatic heterocycles. The molecule has 4 nitrogen and oxygen atoms in total. The molecule has 0 spiro atoms. The number of hydrogen-bond donors (Lipinski definition) is 2. The van der Waals surface area contributed by atoms with Gasteiger partial charge in [0.05, 0.1) is 6.04 Å². The number of carbonyl (C=O) groups excluding carboxylic acids is 1. The first-order valence-corrected chi connectivity index (χ1v) is 7.43. The molecule has 2 rings (SSSR count). The fourth-order valence-corrected chi connectivity index (χ4v) is 3.73. The van der Waals surface area contributed by atoms with Crippen molar-refractivity contribution in [3.05, 3.63) is 0 Å². The van der Waals surface area contributed by atoms with E-state index in [9.17, 15) is 4.79 Å². The van der Waals surface area contributed by atoms with Gasteiger partial charge >= 0.3 is 0 Å². The Morgan fingerprint density at radius 1 is 1.33 bits per heavy atom. The molecule has 0 aromatic heterocycles. The van der Waals surface area contributed by atoms with Crippen LogP contribution < -0.4 is 11.1 Å². The Kier molecular flexibility index (Phi) is 5.01. The number of nitrogens with zero attached hydrogens (tertiary/aromatic N) is 1. The number of nitrogens with one attached hydrogen (secondary N) is 1. The van der Waals surface area contributed by atoms with Gasteiger partial charge in [-0.25, -0.2) is 0 Å². The average molecular weight is 253 g/mol. The summed E-state index contributed by atoms with van der Waals surface area (Å²) < 4.78 is 0. The second-order valence-corrected chi connectivity index (χ2v) is 5.82. The van der Waals surface area contributed by atoms with E-state index in [1.54, 1.807) is 0 Å². The smallest absolute Gasteiger partial charge is 0.234 e. The normalized spacial score (nSPS) is 30.7. The molecule has 1 amide bonds. The zero-order valence-electron chi connectivity index (χ0n) is 11.5. The number of amides is 1. The highest BCUT2D eigenvalue weighted by atomic mass is 16.1. The van der Waals surface area contributed by atoms with Crippen LogP contribution >= 0.6 is 0 Å². The Labute approximate surface area is 110 Å². The van der Waals surface area contributed by atoms with E-state index in [0.29, 0.717) is 0 Å². The molecule has 1 unspecified atom stereocenters. The summed E-state index contributed by atoms with van der Waals surface area (Å²) in [5, 5.41) is 3.01. The summed E-state index contributed by atoms with van der Waals surface area (Å²) in [5.41, 5.74) is 5.37. The topological polar surface area (TPSA) is 58.4 Å². The maximum atomic E-state index is 11.2. The van der Waals surface area contributed by atoms with E-state index in [1.165, 1.54) is 45.1 Å². The molecule has 0 bridgehead atoms. The van der Waals surface area contributed by atoms with Crippen LogP contribution in [-0.2, 0) is 4.79 Å². The Hall–Kier alpha value is -0.610. The van der Waals surface area contributed by atoms with E-state index in [4.69, 9.17) is 5.73 Å². The lowest BCUT2D eigenvalue weighted by Crippen LogP contribution is -2.49. The quantitative estimate of drug-likeness (QED) is 0.771. The second-order valence-electron chi connectivity index (χ2n) is 5.82. The maximum absolute atomic E-state index is 11.2. The van der Waals surface area contributed by atoms with Crippen molar-refractivity contribution in [1.29, 1.82) is 0 Å². The summed E-state index contributed by atoms with van der Waals surface area (Å²) in [5.74, 6) is 0.684. The van der Waals surface area contributed by atoms with Gasteiger partial charge in [-0.1, -0.05) is 12.8 Å². The molecular weight excluding hydrogens is 226 g/mol. The first-order valence-electron chi connectivity index (χ1n) is 7.43. The van der Waals surface area contributed by atoms with Crippen molar-refractivity contribution >= 4 is 5.91 Å². The van der Waals surface area contributed by atoms with Gasteiger partial charge in [-0.15, -0.1) is 0 Å². The number of likely N-dealkylation sites (N-methyl/N-ethyl adjacent to an activating group) is 1. The zero-order chi connectivity index (χ0) is 13.0. The number of likely N-dealkylation sites (tertiary alicyclic amines) is 1. The van der Waals surface area contributed by atoms with E-state index in [2.05, 4.69) is 10.2 Å². The van der Waals surface area contributed by atoms with E-state index in [1.807, 2.05) is 7.05 Å².